The van der Waals surface area contributed by atoms with Crippen molar-refractivity contribution in [1.29, 1.82) is 0 Å². The number of nitrogens with zero attached hydrogens (tertiary/aromatic N) is 2. The van der Waals surface area contributed by atoms with Crippen LogP contribution in [0, 0.1) is 5.92 Å². The van der Waals surface area contributed by atoms with Gasteiger partial charge in [-0.05, 0) is 23.6 Å². The van der Waals surface area contributed by atoms with Crippen LogP contribution in [0.15, 0.2) is 53.4 Å². The fourth-order valence-electron chi connectivity index (χ4n) is 3.53. The Balaban J connectivity index is 1.77. The second-order valence-electron chi connectivity index (χ2n) is 7.38. The maximum absolute atomic E-state index is 13.4. The Morgan fingerprint density at radius 3 is 2.41 bits per heavy atom. The molecule has 2 aliphatic rings. The molecule has 2 aliphatic heterocycles. The molecule has 0 atom stereocenters. The van der Waals surface area contributed by atoms with Gasteiger partial charge in [0.15, 0.2) is 0 Å². The molecule has 29 heavy (non-hydrogen) atoms. The monoisotopic (exact) mass is 442 g/mol. The first kappa shape index (κ1) is 20.1. The maximum Gasteiger partial charge on any atom is 0.267 e. The fraction of sp³-hybridized carbons (Fsp3) is 0.227. The highest BCUT2D eigenvalue weighted by Crippen LogP contribution is 2.45. The summed E-state index contributed by atoms with van der Waals surface area (Å²) in [6.07, 6.45) is 0. The molecule has 0 bridgehead atoms. The Hall–Kier alpha value is -2.15. The van der Waals surface area contributed by atoms with Crippen molar-refractivity contribution < 1.29 is 9.59 Å². The van der Waals surface area contributed by atoms with E-state index < -0.39 is 0 Å². The number of halogens is 1. The van der Waals surface area contributed by atoms with Crippen LogP contribution in [0.3, 0.4) is 0 Å². The van der Waals surface area contributed by atoms with Gasteiger partial charge in [0.1, 0.15) is 4.32 Å². The van der Waals surface area contributed by atoms with Gasteiger partial charge >= 0.3 is 0 Å². The number of para-hydroxylation sites is 1. The molecule has 2 aromatic carbocycles. The van der Waals surface area contributed by atoms with Crippen molar-refractivity contribution in [1.82, 2.24) is 4.90 Å². The first-order valence-electron chi connectivity index (χ1n) is 9.31. The summed E-state index contributed by atoms with van der Waals surface area (Å²) >= 11 is 13.0. The highest BCUT2D eigenvalue weighted by atomic mass is 35.5. The van der Waals surface area contributed by atoms with Crippen molar-refractivity contribution >= 4 is 63.0 Å². The summed E-state index contributed by atoms with van der Waals surface area (Å²) in [5, 5.41) is 0.606. The molecule has 0 radical (unpaired) electrons. The minimum atomic E-state index is -0.198. The van der Waals surface area contributed by atoms with Crippen molar-refractivity contribution in [2.75, 3.05) is 11.4 Å². The summed E-state index contributed by atoms with van der Waals surface area (Å²) in [7, 11) is 0. The number of rotatable bonds is 4. The standard InChI is InChI=1S/C22H19ClN2O2S2/c1-13(2)11-25-21(27)19(29-22(25)28)18-15-8-4-6-10-17(15)24(20(18)26)12-14-7-3-5-9-16(14)23/h3-10,13H,11-12H2,1-2H3/b19-18+. The average molecular weight is 443 g/mol. The lowest BCUT2D eigenvalue weighted by atomic mass is 10.1. The number of fused-ring (bicyclic) bond motifs is 1. The van der Waals surface area contributed by atoms with E-state index in [0.29, 0.717) is 32.9 Å². The molecule has 0 N–H and O–H groups in total. The molecule has 0 spiro atoms. The van der Waals surface area contributed by atoms with Crippen LogP contribution in [0.5, 0.6) is 0 Å². The number of thioether (sulfide) groups is 1. The van der Waals surface area contributed by atoms with Gasteiger partial charge in [-0.2, -0.15) is 0 Å². The number of anilines is 1. The topological polar surface area (TPSA) is 40.6 Å². The van der Waals surface area contributed by atoms with Crippen LogP contribution in [-0.2, 0) is 16.1 Å². The Labute approximate surface area is 184 Å². The summed E-state index contributed by atoms with van der Waals surface area (Å²) in [5.74, 6) is -0.104. The van der Waals surface area contributed by atoms with Crippen molar-refractivity contribution in [2.45, 2.75) is 20.4 Å². The molecule has 2 aromatic rings. The van der Waals surface area contributed by atoms with Gasteiger partial charge in [0.05, 0.1) is 22.7 Å². The molecule has 0 aromatic heterocycles. The predicted molar refractivity (Wildman–Crippen MR) is 123 cm³/mol. The molecule has 1 saturated heterocycles. The second kappa shape index (κ2) is 7.94. The number of carbonyl (C=O) groups excluding carboxylic acids is 2. The second-order valence-corrected chi connectivity index (χ2v) is 9.43. The summed E-state index contributed by atoms with van der Waals surface area (Å²) in [6.45, 7) is 4.95. The lowest BCUT2D eigenvalue weighted by Gasteiger charge is -2.18. The Kier molecular flexibility index (Phi) is 5.51. The van der Waals surface area contributed by atoms with Gasteiger partial charge in [-0.25, -0.2) is 0 Å². The quantitative estimate of drug-likeness (QED) is 0.487. The number of benzene rings is 2. The molecule has 1 fully saturated rings. The molecule has 4 rings (SSSR count). The van der Waals surface area contributed by atoms with Gasteiger partial charge in [0, 0.05) is 17.1 Å². The van der Waals surface area contributed by atoms with E-state index >= 15 is 0 Å². The maximum atomic E-state index is 13.4. The van der Waals surface area contributed by atoms with Crippen LogP contribution in [0.2, 0.25) is 5.02 Å². The Morgan fingerprint density at radius 1 is 1.00 bits per heavy atom. The van der Waals surface area contributed by atoms with Crippen molar-refractivity contribution in [2.24, 2.45) is 5.92 Å². The van der Waals surface area contributed by atoms with Gasteiger partial charge in [0.2, 0.25) is 0 Å². The van der Waals surface area contributed by atoms with Crippen LogP contribution in [-0.4, -0.2) is 27.6 Å². The number of thiocarbonyl (C=S) groups is 1. The number of hydrogen-bond acceptors (Lipinski definition) is 4. The van der Waals surface area contributed by atoms with E-state index in [1.54, 1.807) is 15.9 Å². The lowest BCUT2D eigenvalue weighted by Crippen LogP contribution is -2.32. The third-order valence-corrected chi connectivity index (χ3v) is 6.65. The molecule has 0 aliphatic carbocycles. The molecule has 4 nitrogen and oxygen atoms in total. The van der Waals surface area contributed by atoms with Crippen LogP contribution in [0.1, 0.15) is 25.0 Å². The fourth-order valence-corrected chi connectivity index (χ4v) is 5.07. The lowest BCUT2D eigenvalue weighted by molar-refractivity contribution is -0.122. The first-order chi connectivity index (χ1) is 13.9. The zero-order chi connectivity index (χ0) is 20.7. The van der Waals surface area contributed by atoms with E-state index in [2.05, 4.69) is 0 Å². The number of carbonyl (C=O) groups is 2. The Bertz CT molecular complexity index is 1060. The minimum Gasteiger partial charge on any atom is -0.303 e. The van der Waals surface area contributed by atoms with Crippen LogP contribution in [0.25, 0.3) is 5.57 Å². The molecule has 2 amide bonds. The van der Waals surface area contributed by atoms with Gasteiger partial charge in [0.25, 0.3) is 11.8 Å². The molecule has 7 heteroatoms. The summed E-state index contributed by atoms with van der Waals surface area (Å²) in [5.41, 5.74) is 2.82. The SMILES string of the molecule is CC(C)CN1C(=O)/C(=C2\C(=O)N(Cc3ccccc3Cl)c3ccccc32)SC1=S. The van der Waals surface area contributed by atoms with E-state index in [4.69, 9.17) is 23.8 Å². The van der Waals surface area contributed by atoms with E-state index in [1.807, 2.05) is 56.3 Å². The van der Waals surface area contributed by atoms with E-state index in [-0.39, 0.29) is 17.7 Å². The van der Waals surface area contributed by atoms with Crippen molar-refractivity contribution in [3.63, 3.8) is 0 Å². The van der Waals surface area contributed by atoms with E-state index in [0.717, 1.165) is 16.8 Å². The smallest absolute Gasteiger partial charge is 0.267 e. The normalized spacial score (nSPS) is 19.0. The molecule has 2 heterocycles. The highest BCUT2D eigenvalue weighted by Gasteiger charge is 2.42. The Morgan fingerprint density at radius 2 is 1.69 bits per heavy atom. The van der Waals surface area contributed by atoms with Crippen LogP contribution >= 0.6 is 35.6 Å². The zero-order valence-electron chi connectivity index (χ0n) is 16.0. The highest BCUT2D eigenvalue weighted by molar-refractivity contribution is 8.26. The number of hydrogen-bond donors (Lipinski definition) is 0. The molecular formula is C22H19ClN2O2S2. The molecule has 0 unspecified atom stereocenters. The van der Waals surface area contributed by atoms with Crippen LogP contribution < -0.4 is 4.90 Å². The third-order valence-electron chi connectivity index (χ3n) is 4.83. The predicted octanol–water partition coefficient (Wildman–Crippen LogP) is 5.11. The summed E-state index contributed by atoms with van der Waals surface area (Å²) in [4.78, 5) is 30.2. The van der Waals surface area contributed by atoms with Gasteiger partial charge in [-0.15, -0.1) is 0 Å². The van der Waals surface area contributed by atoms with Crippen LogP contribution in [0.4, 0.5) is 5.69 Å². The largest absolute Gasteiger partial charge is 0.303 e. The summed E-state index contributed by atoms with van der Waals surface area (Å²) in [6, 6.07) is 15.0. The zero-order valence-corrected chi connectivity index (χ0v) is 18.4. The third kappa shape index (κ3) is 3.61. The minimum absolute atomic E-state index is 0.188. The molecule has 148 valence electrons. The van der Waals surface area contributed by atoms with E-state index in [9.17, 15) is 9.59 Å². The van der Waals surface area contributed by atoms with Crippen molar-refractivity contribution in [3.8, 4) is 0 Å². The molecule has 0 saturated carbocycles. The summed E-state index contributed by atoms with van der Waals surface area (Å²) < 4.78 is 0.501. The van der Waals surface area contributed by atoms with Gasteiger partial charge in [-0.1, -0.05) is 85.8 Å². The van der Waals surface area contributed by atoms with Gasteiger partial charge < -0.3 is 4.90 Å². The van der Waals surface area contributed by atoms with Crippen molar-refractivity contribution in [3.05, 3.63) is 69.6 Å². The molecular weight excluding hydrogens is 424 g/mol. The van der Waals surface area contributed by atoms with Gasteiger partial charge in [-0.3, -0.25) is 14.5 Å². The first-order valence-corrected chi connectivity index (χ1v) is 10.9. The number of amides is 2. The van der Waals surface area contributed by atoms with E-state index in [1.165, 1.54) is 11.8 Å². The average Bonchev–Trinajstić information content (AvgIpc) is 3.11.